The van der Waals surface area contributed by atoms with Crippen LogP contribution in [0.2, 0.25) is 0 Å². The van der Waals surface area contributed by atoms with E-state index in [1.54, 1.807) is 0 Å². The molecule has 1 atom stereocenters. The number of rotatable bonds is 5. The van der Waals surface area contributed by atoms with Crippen molar-refractivity contribution in [2.45, 2.75) is 76.3 Å². The lowest BCUT2D eigenvalue weighted by Gasteiger charge is -2.39. The number of amides is 2. The second-order valence-electron chi connectivity index (χ2n) is 8.33. The molecule has 4 aliphatic rings. The van der Waals surface area contributed by atoms with Gasteiger partial charge < -0.3 is 9.80 Å². The van der Waals surface area contributed by atoms with Gasteiger partial charge in [-0.1, -0.05) is 12.8 Å². The summed E-state index contributed by atoms with van der Waals surface area (Å²) in [5, 5.41) is 0. The van der Waals surface area contributed by atoms with Gasteiger partial charge in [0.05, 0.1) is 5.92 Å². The maximum atomic E-state index is 13.1. The maximum absolute atomic E-state index is 13.1. The third kappa shape index (κ3) is 3.14. The third-order valence-corrected chi connectivity index (χ3v) is 6.56. The van der Waals surface area contributed by atoms with Gasteiger partial charge in [0.15, 0.2) is 0 Å². The van der Waals surface area contributed by atoms with E-state index in [1.807, 2.05) is 7.05 Å². The average Bonchev–Trinajstić information content (AvgIpc) is 3.49. The van der Waals surface area contributed by atoms with Gasteiger partial charge in [0, 0.05) is 32.1 Å². The molecule has 0 spiro atoms. The molecule has 0 aromatic heterocycles. The molecule has 1 saturated heterocycles. The zero-order chi connectivity index (χ0) is 16.0. The van der Waals surface area contributed by atoms with Gasteiger partial charge in [-0.15, -0.1) is 0 Å². The number of piperidine rings is 1. The maximum Gasteiger partial charge on any atom is 0.227 e. The highest BCUT2D eigenvalue weighted by Gasteiger charge is 2.46. The monoisotopic (exact) mass is 318 g/mol. The predicted molar refractivity (Wildman–Crippen MR) is 88.7 cm³/mol. The van der Waals surface area contributed by atoms with Gasteiger partial charge in [0.1, 0.15) is 0 Å². The normalized spacial score (nSPS) is 29.4. The van der Waals surface area contributed by atoms with Crippen molar-refractivity contribution in [1.29, 1.82) is 0 Å². The molecule has 4 fully saturated rings. The van der Waals surface area contributed by atoms with Crippen LogP contribution >= 0.6 is 0 Å². The zero-order valence-electron chi connectivity index (χ0n) is 14.4. The van der Waals surface area contributed by atoms with Crippen LogP contribution in [0.25, 0.3) is 0 Å². The lowest BCUT2D eigenvalue weighted by molar-refractivity contribution is -0.145. The van der Waals surface area contributed by atoms with E-state index in [0.717, 1.165) is 31.1 Å². The fraction of sp³-hybridized carbons (Fsp3) is 0.895. The van der Waals surface area contributed by atoms with Crippen LogP contribution in [0.4, 0.5) is 0 Å². The van der Waals surface area contributed by atoms with E-state index in [-0.39, 0.29) is 11.8 Å². The summed E-state index contributed by atoms with van der Waals surface area (Å²) in [6.07, 6.45) is 11.3. The van der Waals surface area contributed by atoms with Crippen LogP contribution in [0.3, 0.4) is 0 Å². The highest BCUT2D eigenvalue weighted by molar-refractivity contribution is 5.84. The van der Waals surface area contributed by atoms with Crippen molar-refractivity contribution < 1.29 is 9.59 Å². The predicted octanol–water partition coefficient (Wildman–Crippen LogP) is 2.81. The van der Waals surface area contributed by atoms with E-state index in [9.17, 15) is 9.59 Å². The minimum atomic E-state index is 0.0401. The molecule has 4 rings (SSSR count). The second-order valence-corrected chi connectivity index (χ2v) is 8.33. The molecule has 3 saturated carbocycles. The van der Waals surface area contributed by atoms with E-state index in [4.69, 9.17) is 0 Å². The van der Waals surface area contributed by atoms with Crippen LogP contribution in [-0.2, 0) is 9.59 Å². The van der Waals surface area contributed by atoms with Crippen molar-refractivity contribution in [3.63, 3.8) is 0 Å². The summed E-state index contributed by atoms with van der Waals surface area (Å²) in [4.78, 5) is 29.5. The van der Waals surface area contributed by atoms with Gasteiger partial charge in [0.2, 0.25) is 11.8 Å². The first-order valence-corrected chi connectivity index (χ1v) is 9.71. The molecule has 0 aromatic rings. The summed E-state index contributed by atoms with van der Waals surface area (Å²) in [6.45, 7) is 0.675. The molecule has 0 aromatic carbocycles. The van der Waals surface area contributed by atoms with Crippen LogP contribution in [-0.4, -0.2) is 47.3 Å². The van der Waals surface area contributed by atoms with Crippen molar-refractivity contribution in [2.24, 2.45) is 17.8 Å². The molecular weight excluding hydrogens is 288 g/mol. The molecule has 2 amide bonds. The Morgan fingerprint density at radius 3 is 2.22 bits per heavy atom. The molecule has 4 nitrogen and oxygen atoms in total. The molecular formula is C19H30N2O2. The number of carbonyl (C=O) groups excluding carboxylic acids is 2. The van der Waals surface area contributed by atoms with Crippen LogP contribution in [0.15, 0.2) is 0 Å². The molecule has 0 N–H and O–H groups in total. The van der Waals surface area contributed by atoms with Crippen LogP contribution in [0.1, 0.15) is 64.2 Å². The molecule has 23 heavy (non-hydrogen) atoms. The fourth-order valence-corrected chi connectivity index (χ4v) is 4.97. The Labute approximate surface area is 139 Å². The van der Waals surface area contributed by atoms with Crippen molar-refractivity contribution in [1.82, 2.24) is 9.80 Å². The molecule has 3 aliphatic carbocycles. The summed E-state index contributed by atoms with van der Waals surface area (Å²) in [5.74, 6) is 2.15. The molecule has 1 unspecified atom stereocenters. The Morgan fingerprint density at radius 2 is 1.65 bits per heavy atom. The van der Waals surface area contributed by atoms with Crippen molar-refractivity contribution in [2.75, 3.05) is 13.6 Å². The Bertz CT molecular complexity index is 466. The number of carbonyl (C=O) groups is 2. The summed E-state index contributed by atoms with van der Waals surface area (Å²) in [7, 11) is 2.03. The van der Waals surface area contributed by atoms with Crippen molar-refractivity contribution >= 4 is 11.8 Å². The van der Waals surface area contributed by atoms with Gasteiger partial charge >= 0.3 is 0 Å². The molecule has 4 heteroatoms. The van der Waals surface area contributed by atoms with Gasteiger partial charge in [-0.2, -0.15) is 0 Å². The van der Waals surface area contributed by atoms with Crippen molar-refractivity contribution in [3.05, 3.63) is 0 Å². The Kier molecular flexibility index (Phi) is 4.10. The number of hydrogen-bond donors (Lipinski definition) is 0. The average molecular weight is 318 g/mol. The Balaban J connectivity index is 1.41. The van der Waals surface area contributed by atoms with Crippen molar-refractivity contribution in [3.8, 4) is 0 Å². The summed E-state index contributed by atoms with van der Waals surface area (Å²) < 4.78 is 0. The molecule has 1 aliphatic heterocycles. The summed E-state index contributed by atoms with van der Waals surface area (Å²) >= 11 is 0. The van der Waals surface area contributed by atoms with Gasteiger partial charge in [-0.3, -0.25) is 9.59 Å². The SMILES string of the molecule is CN(C(=O)C1CCC(=O)N(C2CCCC2)C1)C(C1CC1)C1CC1. The minimum absolute atomic E-state index is 0.0401. The highest BCUT2D eigenvalue weighted by atomic mass is 16.2. The number of nitrogens with zero attached hydrogens (tertiary/aromatic N) is 2. The standard InChI is InChI=1S/C19H30N2O2/c1-20(18(13-6-7-13)14-8-9-14)19(23)15-10-11-17(22)21(12-15)16-4-2-3-5-16/h13-16,18H,2-12H2,1H3. The number of likely N-dealkylation sites (tertiary alicyclic amines) is 1. The Hall–Kier alpha value is -1.06. The summed E-state index contributed by atoms with van der Waals surface area (Å²) in [5.41, 5.74) is 0. The third-order valence-electron chi connectivity index (χ3n) is 6.56. The van der Waals surface area contributed by atoms with E-state index < -0.39 is 0 Å². The van der Waals surface area contributed by atoms with Gasteiger partial charge in [0.25, 0.3) is 0 Å². The molecule has 1 heterocycles. The van der Waals surface area contributed by atoms with E-state index in [2.05, 4.69) is 9.80 Å². The smallest absolute Gasteiger partial charge is 0.227 e. The minimum Gasteiger partial charge on any atom is -0.342 e. The fourth-order valence-electron chi connectivity index (χ4n) is 4.97. The number of hydrogen-bond acceptors (Lipinski definition) is 2. The lowest BCUT2D eigenvalue weighted by Crippen LogP contribution is -2.51. The van der Waals surface area contributed by atoms with E-state index >= 15 is 0 Å². The highest BCUT2D eigenvalue weighted by Crippen LogP contribution is 2.47. The molecule has 128 valence electrons. The van der Waals surface area contributed by atoms with Crippen LogP contribution in [0.5, 0.6) is 0 Å². The first-order chi connectivity index (χ1) is 11.1. The Morgan fingerprint density at radius 1 is 1.04 bits per heavy atom. The quantitative estimate of drug-likeness (QED) is 0.782. The van der Waals surface area contributed by atoms with E-state index in [1.165, 1.54) is 38.5 Å². The second kappa shape index (κ2) is 6.10. The van der Waals surface area contributed by atoms with Gasteiger partial charge in [-0.05, 0) is 56.8 Å². The first kappa shape index (κ1) is 15.5. The summed E-state index contributed by atoms with van der Waals surface area (Å²) in [6, 6.07) is 0.895. The largest absolute Gasteiger partial charge is 0.342 e. The zero-order valence-corrected chi connectivity index (χ0v) is 14.4. The van der Waals surface area contributed by atoms with Crippen LogP contribution < -0.4 is 0 Å². The lowest BCUT2D eigenvalue weighted by atomic mass is 9.93. The van der Waals surface area contributed by atoms with Crippen LogP contribution in [0, 0.1) is 17.8 Å². The molecule has 0 bridgehead atoms. The first-order valence-electron chi connectivity index (χ1n) is 9.71. The van der Waals surface area contributed by atoms with E-state index in [0.29, 0.717) is 31.0 Å². The van der Waals surface area contributed by atoms with Gasteiger partial charge in [-0.25, -0.2) is 0 Å². The topological polar surface area (TPSA) is 40.6 Å². The molecule has 0 radical (unpaired) electrons.